The summed E-state index contributed by atoms with van der Waals surface area (Å²) in [5.74, 6) is 5.15. The lowest BCUT2D eigenvalue weighted by molar-refractivity contribution is -0.132. The van der Waals surface area contributed by atoms with Crippen molar-refractivity contribution in [1.29, 1.82) is 5.26 Å². The van der Waals surface area contributed by atoms with Gasteiger partial charge in [-0.15, -0.1) is 0 Å². The minimum atomic E-state index is -1.24. The van der Waals surface area contributed by atoms with E-state index in [0.29, 0.717) is 5.56 Å². The highest BCUT2D eigenvalue weighted by Gasteiger charge is 2.14. The fourth-order valence-corrected chi connectivity index (χ4v) is 4.17. The quantitative estimate of drug-likeness (QED) is 0.195. The van der Waals surface area contributed by atoms with Crippen LogP contribution in [0, 0.1) is 23.2 Å². The van der Waals surface area contributed by atoms with E-state index in [1.165, 1.54) is 6.08 Å². The minimum absolute atomic E-state index is 0.309. The van der Waals surface area contributed by atoms with Gasteiger partial charge in [0.15, 0.2) is 5.65 Å². The molecule has 0 aliphatic rings. The van der Waals surface area contributed by atoms with E-state index >= 15 is 0 Å². The van der Waals surface area contributed by atoms with Gasteiger partial charge in [-0.2, -0.15) is 5.26 Å². The highest BCUT2D eigenvalue weighted by Crippen LogP contribution is 2.29. The van der Waals surface area contributed by atoms with E-state index in [1.807, 2.05) is 42.5 Å². The molecule has 5 rings (SSSR count). The average molecular weight is 471 g/mol. The van der Waals surface area contributed by atoms with Crippen LogP contribution in [0.25, 0.3) is 39.2 Å². The molecule has 0 atom stereocenters. The molecule has 0 spiro atoms. The minimum Gasteiger partial charge on any atom is -0.477 e. The van der Waals surface area contributed by atoms with Crippen LogP contribution < -0.4 is 0 Å². The van der Waals surface area contributed by atoms with Gasteiger partial charge in [-0.25, -0.2) is 14.8 Å². The maximum atomic E-state index is 11.0. The lowest BCUT2D eigenvalue weighted by atomic mass is 10.1. The number of carboxylic acid groups (broad SMARTS) is 1. The first-order valence-electron chi connectivity index (χ1n) is 11.7. The van der Waals surface area contributed by atoms with Crippen molar-refractivity contribution in [3.63, 3.8) is 0 Å². The molecule has 3 aromatic carbocycles. The molecule has 2 aromatic heterocycles. The molecular weight excluding hydrogens is 448 g/mol. The van der Waals surface area contributed by atoms with E-state index in [0.717, 1.165) is 63.6 Å². The number of fused-ring (bicyclic) bond motifs is 4. The van der Waals surface area contributed by atoms with Crippen LogP contribution in [0.1, 0.15) is 36.5 Å². The summed E-state index contributed by atoms with van der Waals surface area (Å²) >= 11 is 0. The summed E-state index contributed by atoms with van der Waals surface area (Å²) in [6.45, 7) is 3.06. The van der Waals surface area contributed by atoms with Crippen LogP contribution in [0.15, 0.2) is 72.3 Å². The topological polar surface area (TPSA) is 91.8 Å². The molecule has 36 heavy (non-hydrogen) atoms. The number of benzene rings is 3. The number of nitrogens with zero attached hydrogens (tertiary/aromatic N) is 4. The predicted molar refractivity (Wildman–Crippen MR) is 141 cm³/mol. The van der Waals surface area contributed by atoms with Crippen LogP contribution in [-0.2, 0) is 11.3 Å². The van der Waals surface area contributed by atoms with Crippen LogP contribution in [0.3, 0.4) is 0 Å². The Bertz CT molecular complexity index is 1760. The summed E-state index contributed by atoms with van der Waals surface area (Å²) in [6, 6.07) is 22.9. The molecule has 5 aromatic rings. The van der Waals surface area contributed by atoms with Crippen molar-refractivity contribution in [2.24, 2.45) is 0 Å². The molecule has 0 saturated heterocycles. The molecule has 0 radical (unpaired) electrons. The molecular formula is C30H22N4O2. The summed E-state index contributed by atoms with van der Waals surface area (Å²) in [4.78, 5) is 20.9. The van der Waals surface area contributed by atoms with Crippen molar-refractivity contribution >= 4 is 45.1 Å². The van der Waals surface area contributed by atoms with Gasteiger partial charge in [0, 0.05) is 23.1 Å². The van der Waals surface area contributed by atoms with Crippen molar-refractivity contribution in [3.05, 3.63) is 89.0 Å². The number of unbranched alkanes of at least 4 members (excludes halogenated alkanes) is 1. The Morgan fingerprint density at radius 2 is 1.69 bits per heavy atom. The third-order valence-corrected chi connectivity index (χ3v) is 6.01. The molecule has 0 saturated carbocycles. The van der Waals surface area contributed by atoms with Gasteiger partial charge in [0.25, 0.3) is 0 Å². The van der Waals surface area contributed by atoms with Gasteiger partial charge in [-0.1, -0.05) is 49.5 Å². The number of aliphatic carboxylic acids is 1. The predicted octanol–water partition coefficient (Wildman–Crippen LogP) is 5.93. The highest BCUT2D eigenvalue weighted by molar-refractivity contribution is 6.07. The standard InChI is InChI=1S/C30H22N4O2/c1-2-3-16-34-27-15-14-22(13-10-20-8-11-21(12-9-20)17-23(19-31)30(35)36)18-24(27)28-29(34)33-26-7-5-4-6-25(26)32-28/h4-9,11-12,14-15,17-18H,2-3,16H2,1H3,(H,35,36)/b23-17+. The van der Waals surface area contributed by atoms with Crippen molar-refractivity contribution in [2.45, 2.75) is 26.3 Å². The van der Waals surface area contributed by atoms with Gasteiger partial charge >= 0.3 is 5.97 Å². The van der Waals surface area contributed by atoms with Crippen LogP contribution in [0.4, 0.5) is 0 Å². The fraction of sp³-hybridized carbons (Fsp3) is 0.133. The van der Waals surface area contributed by atoms with E-state index in [1.54, 1.807) is 18.2 Å². The Labute approximate surface area is 208 Å². The summed E-state index contributed by atoms with van der Waals surface area (Å²) in [6.07, 6.45) is 3.49. The number of carboxylic acids is 1. The zero-order valence-corrected chi connectivity index (χ0v) is 19.7. The van der Waals surface area contributed by atoms with Crippen molar-refractivity contribution in [2.75, 3.05) is 0 Å². The number of para-hydroxylation sites is 2. The maximum absolute atomic E-state index is 11.0. The van der Waals surface area contributed by atoms with E-state index in [-0.39, 0.29) is 5.57 Å². The lowest BCUT2D eigenvalue weighted by Gasteiger charge is -2.05. The molecule has 6 nitrogen and oxygen atoms in total. The second-order valence-electron chi connectivity index (χ2n) is 8.47. The Kier molecular flexibility index (Phi) is 6.18. The molecule has 174 valence electrons. The lowest BCUT2D eigenvalue weighted by Crippen LogP contribution is -1.99. The van der Waals surface area contributed by atoms with E-state index in [2.05, 4.69) is 35.5 Å². The fourth-order valence-electron chi connectivity index (χ4n) is 4.17. The zero-order valence-electron chi connectivity index (χ0n) is 19.7. The third kappa shape index (κ3) is 4.41. The number of hydrogen-bond donors (Lipinski definition) is 1. The van der Waals surface area contributed by atoms with Gasteiger partial charge < -0.3 is 9.67 Å². The zero-order chi connectivity index (χ0) is 25.1. The first-order valence-corrected chi connectivity index (χ1v) is 11.7. The van der Waals surface area contributed by atoms with Gasteiger partial charge in [-0.05, 0) is 60.5 Å². The second kappa shape index (κ2) is 9.74. The summed E-state index contributed by atoms with van der Waals surface area (Å²) < 4.78 is 2.25. The van der Waals surface area contributed by atoms with Gasteiger partial charge in [0.2, 0.25) is 0 Å². The summed E-state index contributed by atoms with van der Waals surface area (Å²) in [5.41, 5.74) is 6.60. The molecule has 6 heteroatoms. The second-order valence-corrected chi connectivity index (χ2v) is 8.47. The van der Waals surface area contributed by atoms with E-state index < -0.39 is 5.97 Å². The number of hydrogen-bond acceptors (Lipinski definition) is 4. The van der Waals surface area contributed by atoms with Crippen LogP contribution in [0.2, 0.25) is 0 Å². The smallest absolute Gasteiger partial charge is 0.346 e. The normalized spacial score (nSPS) is 11.4. The number of aromatic nitrogens is 3. The van der Waals surface area contributed by atoms with Crippen molar-refractivity contribution in [3.8, 4) is 17.9 Å². The first kappa shape index (κ1) is 22.8. The maximum Gasteiger partial charge on any atom is 0.346 e. The Morgan fingerprint density at radius 1 is 1.00 bits per heavy atom. The van der Waals surface area contributed by atoms with Crippen LogP contribution in [-0.4, -0.2) is 25.6 Å². The van der Waals surface area contributed by atoms with E-state index in [4.69, 9.17) is 20.3 Å². The van der Waals surface area contributed by atoms with Gasteiger partial charge in [0.05, 0.1) is 16.6 Å². The van der Waals surface area contributed by atoms with Crippen LogP contribution >= 0.6 is 0 Å². The molecule has 1 N–H and O–H groups in total. The summed E-state index contributed by atoms with van der Waals surface area (Å²) in [7, 11) is 0. The van der Waals surface area contributed by atoms with Crippen LogP contribution in [0.5, 0.6) is 0 Å². The molecule has 2 heterocycles. The average Bonchev–Trinajstić information content (AvgIpc) is 3.20. The summed E-state index contributed by atoms with van der Waals surface area (Å²) in [5, 5.41) is 19.0. The molecule has 0 aliphatic heterocycles. The molecule has 0 unspecified atom stereocenters. The van der Waals surface area contributed by atoms with Gasteiger partial charge in [-0.3, -0.25) is 0 Å². The monoisotopic (exact) mass is 470 g/mol. The Balaban J connectivity index is 1.54. The molecule has 0 fully saturated rings. The Hall–Kier alpha value is -4.94. The van der Waals surface area contributed by atoms with Gasteiger partial charge in [0.1, 0.15) is 17.2 Å². The number of rotatable bonds is 5. The molecule has 0 aliphatic carbocycles. The molecule has 0 amide bonds. The number of nitriles is 1. The molecule has 0 bridgehead atoms. The highest BCUT2D eigenvalue weighted by atomic mass is 16.4. The first-order chi connectivity index (χ1) is 17.6. The van der Waals surface area contributed by atoms with Crippen molar-refractivity contribution in [1.82, 2.24) is 14.5 Å². The third-order valence-electron chi connectivity index (χ3n) is 6.01. The SMILES string of the molecule is CCCCn1c2ccc(C#Cc3ccc(/C=C(\C#N)C(=O)O)cc3)cc2c2nc3ccccc3nc21. The largest absolute Gasteiger partial charge is 0.477 e. The van der Waals surface area contributed by atoms with Crippen molar-refractivity contribution < 1.29 is 9.90 Å². The number of aryl methyl sites for hydroxylation is 1. The Morgan fingerprint density at radius 3 is 2.39 bits per heavy atom. The number of carbonyl (C=O) groups is 1. The van der Waals surface area contributed by atoms with E-state index in [9.17, 15) is 4.79 Å².